The van der Waals surface area contributed by atoms with Gasteiger partial charge in [-0.05, 0) is 25.3 Å². The highest BCUT2D eigenvalue weighted by Crippen LogP contribution is 2.15. The maximum absolute atomic E-state index is 11.4. The van der Waals surface area contributed by atoms with E-state index in [0.717, 1.165) is 18.4 Å². The summed E-state index contributed by atoms with van der Waals surface area (Å²) < 4.78 is 10.4. The van der Waals surface area contributed by atoms with Gasteiger partial charge < -0.3 is 19.9 Å². The van der Waals surface area contributed by atoms with E-state index in [2.05, 4.69) is 5.32 Å². The third-order valence-corrected chi connectivity index (χ3v) is 3.27. The molecule has 1 heterocycles. The molecule has 1 aliphatic rings. The molecule has 1 unspecified atom stereocenters. The van der Waals surface area contributed by atoms with E-state index in [1.807, 2.05) is 32.1 Å². The van der Waals surface area contributed by atoms with Gasteiger partial charge in [0.2, 0.25) is 0 Å². The van der Waals surface area contributed by atoms with Crippen molar-refractivity contribution in [2.75, 3.05) is 20.3 Å². The average molecular weight is 283 g/mol. The van der Waals surface area contributed by atoms with E-state index in [1.165, 1.54) is 0 Å². The van der Waals surface area contributed by atoms with Crippen LogP contribution in [-0.4, -0.2) is 43.7 Å². The fourth-order valence-electron chi connectivity index (χ4n) is 2.10. The zero-order valence-electron chi connectivity index (χ0n) is 12.5. The molecular weight excluding hydrogens is 258 g/mol. The monoisotopic (exact) mass is 283 g/mol. The highest BCUT2D eigenvalue weighted by Gasteiger charge is 2.21. The molecule has 2 N–H and O–H groups in total. The van der Waals surface area contributed by atoms with Crippen molar-refractivity contribution in [1.82, 2.24) is 5.32 Å². The van der Waals surface area contributed by atoms with Gasteiger partial charge in [0.1, 0.15) is 12.7 Å². The molecule has 0 saturated heterocycles. The smallest absolute Gasteiger partial charge is 0.407 e. The van der Waals surface area contributed by atoms with E-state index in [0.29, 0.717) is 6.54 Å². The van der Waals surface area contributed by atoms with E-state index in [9.17, 15) is 9.90 Å². The Labute approximate surface area is 120 Å². The molecule has 5 nitrogen and oxygen atoms in total. The molecule has 0 aromatic rings. The molecule has 0 radical (unpaired) electrons. The predicted octanol–water partition coefficient (Wildman–Crippen LogP) is 2.02. The molecule has 0 aromatic heterocycles. The van der Waals surface area contributed by atoms with Crippen molar-refractivity contribution in [3.8, 4) is 0 Å². The van der Waals surface area contributed by atoms with Crippen LogP contribution in [0.4, 0.5) is 4.79 Å². The first-order chi connectivity index (χ1) is 9.54. The third kappa shape index (κ3) is 5.75. The number of amides is 1. The number of cyclic esters (lactones) is 1. The topological polar surface area (TPSA) is 67.8 Å². The maximum Gasteiger partial charge on any atom is 0.407 e. The minimum absolute atomic E-state index is 0.0841. The second kappa shape index (κ2) is 8.76. The number of allylic oxidation sites excluding steroid dienone is 1. The van der Waals surface area contributed by atoms with Gasteiger partial charge in [0, 0.05) is 19.6 Å². The lowest BCUT2D eigenvalue weighted by Crippen LogP contribution is -2.32. The largest absolute Gasteiger partial charge is 0.445 e. The van der Waals surface area contributed by atoms with Crippen LogP contribution < -0.4 is 5.32 Å². The van der Waals surface area contributed by atoms with Crippen LogP contribution in [0.15, 0.2) is 23.8 Å². The van der Waals surface area contributed by atoms with Crippen LogP contribution in [0, 0.1) is 5.92 Å². The molecule has 114 valence electrons. The van der Waals surface area contributed by atoms with Gasteiger partial charge in [-0.3, -0.25) is 0 Å². The van der Waals surface area contributed by atoms with Crippen LogP contribution in [0.2, 0.25) is 0 Å². The number of carbonyl (C=O) groups is 1. The van der Waals surface area contributed by atoms with E-state index >= 15 is 0 Å². The van der Waals surface area contributed by atoms with Gasteiger partial charge in [-0.25, -0.2) is 4.79 Å². The summed E-state index contributed by atoms with van der Waals surface area (Å²) in [6.07, 6.45) is 6.05. The van der Waals surface area contributed by atoms with Gasteiger partial charge in [0.05, 0.1) is 6.10 Å². The zero-order valence-corrected chi connectivity index (χ0v) is 12.5. The minimum atomic E-state index is -0.622. The van der Waals surface area contributed by atoms with E-state index in [-0.39, 0.29) is 18.6 Å². The molecule has 1 amide bonds. The Balaban J connectivity index is 2.78. The van der Waals surface area contributed by atoms with Crippen molar-refractivity contribution in [3.63, 3.8) is 0 Å². The van der Waals surface area contributed by atoms with Crippen LogP contribution >= 0.6 is 0 Å². The summed E-state index contributed by atoms with van der Waals surface area (Å²) in [5.41, 5.74) is 0.905. The molecular formula is C15H25NO4. The Morgan fingerprint density at radius 1 is 1.50 bits per heavy atom. The molecule has 1 aliphatic heterocycles. The number of aliphatic hydroxyl groups excluding tert-OH is 1. The van der Waals surface area contributed by atoms with Crippen LogP contribution in [0.25, 0.3) is 0 Å². The van der Waals surface area contributed by atoms with Crippen molar-refractivity contribution in [1.29, 1.82) is 0 Å². The zero-order chi connectivity index (χ0) is 15.0. The Morgan fingerprint density at radius 3 is 2.95 bits per heavy atom. The number of carbonyl (C=O) groups excluding carboxylic acids is 1. The van der Waals surface area contributed by atoms with Crippen LogP contribution in [-0.2, 0) is 9.47 Å². The fraction of sp³-hybridized carbons (Fsp3) is 0.667. The number of ether oxygens (including phenoxy) is 2. The summed E-state index contributed by atoms with van der Waals surface area (Å²) in [4.78, 5) is 11.4. The second-order valence-electron chi connectivity index (χ2n) is 5.14. The SMILES string of the molecule is COC1/C=C/CCCNC(=O)OC/C(C)=C\[C@@H](C)[C@@H]1O. The summed E-state index contributed by atoms with van der Waals surface area (Å²) >= 11 is 0. The van der Waals surface area contributed by atoms with E-state index < -0.39 is 12.2 Å². The maximum atomic E-state index is 11.4. The number of hydrogen-bond acceptors (Lipinski definition) is 4. The minimum Gasteiger partial charge on any atom is -0.445 e. The lowest BCUT2D eigenvalue weighted by molar-refractivity contribution is -0.00195. The van der Waals surface area contributed by atoms with Gasteiger partial charge in [-0.15, -0.1) is 0 Å². The summed E-state index contributed by atoms with van der Waals surface area (Å²) in [5, 5.41) is 13.0. The van der Waals surface area contributed by atoms with Gasteiger partial charge in [-0.2, -0.15) is 0 Å². The molecule has 0 spiro atoms. The summed E-state index contributed by atoms with van der Waals surface area (Å²) in [6, 6.07) is 0. The number of alkyl carbamates (subject to hydrolysis) is 1. The summed E-state index contributed by atoms with van der Waals surface area (Å²) in [6.45, 7) is 4.60. The number of methoxy groups -OCH3 is 1. The van der Waals surface area contributed by atoms with Crippen molar-refractivity contribution in [2.24, 2.45) is 5.92 Å². The summed E-state index contributed by atoms with van der Waals surface area (Å²) in [5.74, 6) is -0.0841. The standard InChI is InChI=1S/C15H25NO4/c1-11-9-12(2)14(17)13(19-3)7-5-4-6-8-16-15(18)20-10-11/h5,7,9,12-14,17H,4,6,8,10H2,1-3H3,(H,16,18)/b7-5+,11-9-/t12-,13?,14+/m1/s1. The van der Waals surface area contributed by atoms with Gasteiger partial charge >= 0.3 is 6.09 Å². The summed E-state index contributed by atoms with van der Waals surface area (Å²) in [7, 11) is 1.59. The average Bonchev–Trinajstić information content (AvgIpc) is 2.43. The first-order valence-corrected chi connectivity index (χ1v) is 7.00. The van der Waals surface area contributed by atoms with Crippen LogP contribution in [0.3, 0.4) is 0 Å². The van der Waals surface area contributed by atoms with Crippen molar-refractivity contribution < 1.29 is 19.4 Å². The molecule has 0 saturated carbocycles. The number of aliphatic hydroxyl groups is 1. The van der Waals surface area contributed by atoms with Gasteiger partial charge in [0.25, 0.3) is 0 Å². The van der Waals surface area contributed by atoms with Crippen molar-refractivity contribution >= 4 is 6.09 Å². The van der Waals surface area contributed by atoms with Crippen molar-refractivity contribution in [3.05, 3.63) is 23.8 Å². The van der Waals surface area contributed by atoms with Gasteiger partial charge in [-0.1, -0.05) is 25.2 Å². The Morgan fingerprint density at radius 2 is 2.25 bits per heavy atom. The highest BCUT2D eigenvalue weighted by molar-refractivity contribution is 5.67. The lowest BCUT2D eigenvalue weighted by atomic mass is 9.97. The molecule has 5 heteroatoms. The highest BCUT2D eigenvalue weighted by atomic mass is 16.5. The predicted molar refractivity (Wildman–Crippen MR) is 77.4 cm³/mol. The first-order valence-electron chi connectivity index (χ1n) is 7.00. The number of rotatable bonds is 1. The molecule has 0 fully saturated rings. The molecule has 1 rings (SSSR count). The third-order valence-electron chi connectivity index (χ3n) is 3.27. The van der Waals surface area contributed by atoms with Crippen LogP contribution in [0.1, 0.15) is 26.7 Å². The molecule has 0 aliphatic carbocycles. The quantitative estimate of drug-likeness (QED) is 0.722. The first kappa shape index (κ1) is 16.7. The number of nitrogens with one attached hydrogen (secondary N) is 1. The molecule has 20 heavy (non-hydrogen) atoms. The second-order valence-corrected chi connectivity index (χ2v) is 5.14. The fourth-order valence-corrected chi connectivity index (χ4v) is 2.10. The van der Waals surface area contributed by atoms with Gasteiger partial charge in [0.15, 0.2) is 0 Å². The van der Waals surface area contributed by atoms with E-state index in [1.54, 1.807) is 7.11 Å². The molecule has 0 aromatic carbocycles. The molecule has 3 atom stereocenters. The number of hydrogen-bond donors (Lipinski definition) is 2. The lowest BCUT2D eigenvalue weighted by Gasteiger charge is -2.23. The Hall–Kier alpha value is -1.33. The Bertz CT molecular complexity index is 365. The van der Waals surface area contributed by atoms with Crippen molar-refractivity contribution in [2.45, 2.75) is 38.9 Å². The van der Waals surface area contributed by atoms with E-state index in [4.69, 9.17) is 9.47 Å². The normalized spacial score (nSPS) is 34.1. The Kier molecular flexibility index (Phi) is 7.33. The molecule has 0 bridgehead atoms. The van der Waals surface area contributed by atoms with Crippen LogP contribution in [0.5, 0.6) is 0 Å².